The predicted molar refractivity (Wildman–Crippen MR) is 106 cm³/mol. The second-order valence-electron chi connectivity index (χ2n) is 7.03. The Labute approximate surface area is 169 Å². The molecule has 2 N–H and O–H groups in total. The first-order chi connectivity index (χ1) is 14.3. The average molecular weight is 414 g/mol. The summed E-state index contributed by atoms with van der Waals surface area (Å²) in [6.07, 6.45) is -3.13. The zero-order valence-corrected chi connectivity index (χ0v) is 15.6. The molecule has 0 bridgehead atoms. The van der Waals surface area contributed by atoms with Gasteiger partial charge in [0.2, 0.25) is 5.91 Å². The van der Waals surface area contributed by atoms with Crippen LogP contribution in [-0.4, -0.2) is 18.2 Å². The SMILES string of the molecule is O=C(Nc1ccc(OC(F)(F)F)cc1)c1cc2ccccc2cc1NC(=O)C1CC1. The molecular weight excluding hydrogens is 397 g/mol. The van der Waals surface area contributed by atoms with Crippen LogP contribution in [0.5, 0.6) is 5.75 Å². The second kappa shape index (κ2) is 7.70. The van der Waals surface area contributed by atoms with Gasteiger partial charge in [-0.2, -0.15) is 0 Å². The lowest BCUT2D eigenvalue weighted by atomic mass is 10.0. The number of hydrogen-bond donors (Lipinski definition) is 2. The molecule has 0 spiro atoms. The largest absolute Gasteiger partial charge is 0.573 e. The number of benzene rings is 3. The number of rotatable bonds is 5. The maximum Gasteiger partial charge on any atom is 0.573 e. The predicted octanol–water partition coefficient (Wildman–Crippen LogP) is 5.34. The summed E-state index contributed by atoms with van der Waals surface area (Å²) < 4.78 is 40.7. The molecule has 5 nitrogen and oxygen atoms in total. The Morgan fingerprint density at radius 3 is 2.13 bits per heavy atom. The molecule has 0 atom stereocenters. The van der Waals surface area contributed by atoms with E-state index in [1.165, 1.54) is 12.1 Å². The van der Waals surface area contributed by atoms with E-state index in [0.29, 0.717) is 11.4 Å². The molecule has 2 amide bonds. The van der Waals surface area contributed by atoms with Gasteiger partial charge in [0.05, 0.1) is 11.3 Å². The van der Waals surface area contributed by atoms with E-state index >= 15 is 0 Å². The third kappa shape index (κ3) is 4.71. The van der Waals surface area contributed by atoms with E-state index in [-0.39, 0.29) is 23.1 Å². The summed E-state index contributed by atoms with van der Waals surface area (Å²) in [7, 11) is 0. The van der Waals surface area contributed by atoms with Crippen LogP contribution in [0.3, 0.4) is 0 Å². The normalized spacial score (nSPS) is 13.7. The molecule has 1 fully saturated rings. The maximum atomic E-state index is 12.9. The van der Waals surface area contributed by atoms with Crippen LogP contribution in [0.4, 0.5) is 24.5 Å². The number of anilines is 2. The molecule has 4 rings (SSSR count). The number of halogens is 3. The first-order valence-electron chi connectivity index (χ1n) is 9.29. The van der Waals surface area contributed by atoms with Crippen molar-refractivity contribution in [3.63, 3.8) is 0 Å². The molecule has 3 aromatic rings. The van der Waals surface area contributed by atoms with Gasteiger partial charge in [-0.25, -0.2) is 0 Å². The van der Waals surface area contributed by atoms with Crippen LogP contribution in [0.25, 0.3) is 10.8 Å². The lowest BCUT2D eigenvalue weighted by molar-refractivity contribution is -0.274. The maximum absolute atomic E-state index is 12.9. The third-order valence-electron chi connectivity index (χ3n) is 4.68. The van der Waals surface area contributed by atoms with E-state index in [1.807, 2.05) is 24.3 Å². The minimum absolute atomic E-state index is 0.0337. The number of fused-ring (bicyclic) bond motifs is 1. The van der Waals surface area contributed by atoms with Crippen LogP contribution in [-0.2, 0) is 4.79 Å². The number of amides is 2. The van der Waals surface area contributed by atoms with Gasteiger partial charge in [0.25, 0.3) is 5.91 Å². The van der Waals surface area contributed by atoms with Gasteiger partial charge in [0.1, 0.15) is 5.75 Å². The van der Waals surface area contributed by atoms with Crippen molar-refractivity contribution in [2.45, 2.75) is 19.2 Å². The van der Waals surface area contributed by atoms with Gasteiger partial charge in [-0.1, -0.05) is 24.3 Å². The molecule has 0 aromatic heterocycles. The number of ether oxygens (including phenoxy) is 1. The van der Waals surface area contributed by atoms with Crippen molar-refractivity contribution in [1.82, 2.24) is 0 Å². The highest BCUT2D eigenvalue weighted by Gasteiger charge is 2.31. The van der Waals surface area contributed by atoms with Crippen LogP contribution in [0.15, 0.2) is 60.7 Å². The van der Waals surface area contributed by atoms with Gasteiger partial charge in [-0.05, 0) is 60.0 Å². The van der Waals surface area contributed by atoms with E-state index in [0.717, 1.165) is 35.7 Å². The van der Waals surface area contributed by atoms with Crippen molar-refractivity contribution in [3.8, 4) is 5.75 Å². The summed E-state index contributed by atoms with van der Waals surface area (Å²) in [5.41, 5.74) is 0.945. The summed E-state index contributed by atoms with van der Waals surface area (Å²) in [4.78, 5) is 25.1. The van der Waals surface area contributed by atoms with Crippen LogP contribution in [0.1, 0.15) is 23.2 Å². The second-order valence-corrected chi connectivity index (χ2v) is 7.03. The Hall–Kier alpha value is -3.55. The highest BCUT2D eigenvalue weighted by Crippen LogP contribution is 2.32. The van der Waals surface area contributed by atoms with Crippen molar-refractivity contribution >= 4 is 34.0 Å². The van der Waals surface area contributed by atoms with E-state index in [4.69, 9.17) is 0 Å². The lowest BCUT2D eigenvalue weighted by Crippen LogP contribution is -2.19. The van der Waals surface area contributed by atoms with Gasteiger partial charge in [-0.15, -0.1) is 13.2 Å². The molecule has 1 saturated carbocycles. The molecule has 154 valence electrons. The standard InChI is InChI=1S/C22H17F3N2O3/c23-22(24,25)30-17-9-7-16(8-10-17)26-21(29)18-11-14-3-1-2-4-15(14)12-19(18)27-20(28)13-5-6-13/h1-4,7-13H,5-6H2,(H,26,29)(H,27,28). The first kappa shape index (κ1) is 19.8. The molecular formula is C22H17F3N2O3. The quantitative estimate of drug-likeness (QED) is 0.592. The van der Waals surface area contributed by atoms with Crippen molar-refractivity contribution in [2.75, 3.05) is 10.6 Å². The average Bonchev–Trinajstić information content (AvgIpc) is 3.53. The number of carbonyl (C=O) groups excluding carboxylic acids is 2. The van der Waals surface area contributed by atoms with Crippen LogP contribution >= 0.6 is 0 Å². The molecule has 3 aromatic carbocycles. The van der Waals surface area contributed by atoms with Gasteiger partial charge in [0, 0.05) is 11.6 Å². The Morgan fingerprint density at radius 2 is 1.53 bits per heavy atom. The molecule has 1 aliphatic carbocycles. The fourth-order valence-electron chi connectivity index (χ4n) is 3.05. The summed E-state index contributed by atoms with van der Waals surface area (Å²) in [5.74, 6) is -1.04. The molecule has 0 unspecified atom stereocenters. The monoisotopic (exact) mass is 414 g/mol. The summed E-state index contributed by atoms with van der Waals surface area (Å²) in [5, 5.41) is 7.16. The number of hydrogen-bond acceptors (Lipinski definition) is 3. The van der Waals surface area contributed by atoms with Crippen molar-refractivity contribution in [3.05, 3.63) is 66.2 Å². The lowest BCUT2D eigenvalue weighted by Gasteiger charge is -2.14. The Kier molecular flexibility index (Phi) is 5.07. The number of alkyl halides is 3. The number of nitrogens with one attached hydrogen (secondary N) is 2. The minimum atomic E-state index is -4.79. The number of carbonyl (C=O) groups is 2. The summed E-state index contributed by atoms with van der Waals surface area (Å²) >= 11 is 0. The van der Waals surface area contributed by atoms with Gasteiger partial charge in [-0.3, -0.25) is 9.59 Å². The Balaban J connectivity index is 1.59. The molecule has 0 heterocycles. The van der Waals surface area contributed by atoms with Gasteiger partial charge < -0.3 is 15.4 Å². The molecule has 0 aliphatic heterocycles. The third-order valence-corrected chi connectivity index (χ3v) is 4.68. The minimum Gasteiger partial charge on any atom is -0.406 e. The summed E-state index contributed by atoms with van der Waals surface area (Å²) in [6.45, 7) is 0. The Bertz CT molecular complexity index is 1110. The van der Waals surface area contributed by atoms with E-state index in [2.05, 4.69) is 15.4 Å². The zero-order chi connectivity index (χ0) is 21.3. The Morgan fingerprint density at radius 1 is 0.900 bits per heavy atom. The smallest absolute Gasteiger partial charge is 0.406 e. The molecule has 0 saturated heterocycles. The molecule has 30 heavy (non-hydrogen) atoms. The van der Waals surface area contributed by atoms with E-state index in [1.54, 1.807) is 12.1 Å². The van der Waals surface area contributed by atoms with Gasteiger partial charge in [0.15, 0.2) is 0 Å². The van der Waals surface area contributed by atoms with Crippen molar-refractivity contribution in [1.29, 1.82) is 0 Å². The molecule has 0 radical (unpaired) electrons. The highest BCUT2D eigenvalue weighted by atomic mass is 19.4. The van der Waals surface area contributed by atoms with E-state index in [9.17, 15) is 22.8 Å². The van der Waals surface area contributed by atoms with Crippen molar-refractivity contribution < 1.29 is 27.5 Å². The van der Waals surface area contributed by atoms with Gasteiger partial charge >= 0.3 is 6.36 Å². The molecule has 1 aliphatic rings. The van der Waals surface area contributed by atoms with Crippen molar-refractivity contribution in [2.24, 2.45) is 5.92 Å². The fraction of sp³-hybridized carbons (Fsp3) is 0.182. The van der Waals surface area contributed by atoms with E-state index < -0.39 is 12.3 Å². The first-order valence-corrected chi connectivity index (χ1v) is 9.29. The zero-order valence-electron chi connectivity index (χ0n) is 15.6. The van der Waals surface area contributed by atoms with Crippen LogP contribution in [0.2, 0.25) is 0 Å². The highest BCUT2D eigenvalue weighted by molar-refractivity contribution is 6.13. The van der Waals surface area contributed by atoms with Crippen LogP contribution in [0, 0.1) is 5.92 Å². The van der Waals surface area contributed by atoms with Crippen LogP contribution < -0.4 is 15.4 Å². The molecule has 8 heteroatoms. The topological polar surface area (TPSA) is 67.4 Å². The summed E-state index contributed by atoms with van der Waals surface area (Å²) in [6, 6.07) is 15.7. The fourth-order valence-corrected chi connectivity index (χ4v) is 3.05.